The Balaban J connectivity index is 2.24. The highest BCUT2D eigenvalue weighted by atomic mass is 16.2. The van der Waals surface area contributed by atoms with Gasteiger partial charge in [0.25, 0.3) is 0 Å². The summed E-state index contributed by atoms with van der Waals surface area (Å²) in [4.78, 5) is 24.8. The number of carbonyl (C=O) groups is 2. The fourth-order valence-corrected chi connectivity index (χ4v) is 2.40. The van der Waals surface area contributed by atoms with E-state index in [1.54, 1.807) is 0 Å². The van der Waals surface area contributed by atoms with Gasteiger partial charge in [-0.1, -0.05) is 13.3 Å². The van der Waals surface area contributed by atoms with Crippen LogP contribution in [0.3, 0.4) is 0 Å². The molecule has 5 nitrogen and oxygen atoms in total. The molecule has 1 aliphatic heterocycles. The number of nitrogens with one attached hydrogen (secondary N) is 1. The number of carbonyl (C=O) groups excluding carboxylic acids is 2. The van der Waals surface area contributed by atoms with Gasteiger partial charge >= 0.3 is 0 Å². The monoisotopic (exact) mass is 255 g/mol. The lowest BCUT2D eigenvalue weighted by Crippen LogP contribution is -2.32. The second kappa shape index (κ2) is 8.08. The third-order valence-corrected chi connectivity index (χ3v) is 3.75. The van der Waals surface area contributed by atoms with Gasteiger partial charge in [0.15, 0.2) is 0 Å². The van der Waals surface area contributed by atoms with E-state index in [4.69, 9.17) is 5.84 Å². The first-order valence-corrected chi connectivity index (χ1v) is 6.94. The van der Waals surface area contributed by atoms with Crippen molar-refractivity contribution in [2.45, 2.75) is 51.9 Å². The molecule has 1 saturated heterocycles. The molecule has 3 N–H and O–H groups in total. The molecule has 1 rings (SSSR count). The van der Waals surface area contributed by atoms with Gasteiger partial charge in [0, 0.05) is 25.9 Å². The summed E-state index contributed by atoms with van der Waals surface area (Å²) in [5.41, 5.74) is 2.12. The predicted octanol–water partition coefficient (Wildman–Crippen LogP) is 1.19. The van der Waals surface area contributed by atoms with Crippen LogP contribution in [0.1, 0.15) is 51.9 Å². The van der Waals surface area contributed by atoms with E-state index in [1.165, 1.54) is 0 Å². The summed E-state index contributed by atoms with van der Waals surface area (Å²) in [6.45, 7) is 3.84. The highest BCUT2D eigenvalue weighted by molar-refractivity contribution is 5.76. The highest BCUT2D eigenvalue weighted by Crippen LogP contribution is 2.21. The van der Waals surface area contributed by atoms with Crippen molar-refractivity contribution < 1.29 is 9.59 Å². The minimum Gasteiger partial charge on any atom is -0.343 e. The molecule has 0 saturated carbocycles. The molecule has 0 aromatic carbocycles. The average molecular weight is 255 g/mol. The van der Waals surface area contributed by atoms with Crippen LogP contribution in [0, 0.1) is 5.92 Å². The summed E-state index contributed by atoms with van der Waals surface area (Å²) in [5.74, 6) is 5.84. The molecular formula is C13H25N3O2. The molecule has 1 unspecified atom stereocenters. The first-order chi connectivity index (χ1) is 8.67. The number of nitrogens with two attached hydrogens (primary N) is 1. The highest BCUT2D eigenvalue weighted by Gasteiger charge is 2.20. The smallest absolute Gasteiger partial charge is 0.233 e. The van der Waals surface area contributed by atoms with Gasteiger partial charge < -0.3 is 4.90 Å². The van der Waals surface area contributed by atoms with Gasteiger partial charge in [-0.05, 0) is 31.6 Å². The van der Waals surface area contributed by atoms with Gasteiger partial charge in [-0.3, -0.25) is 15.0 Å². The molecule has 18 heavy (non-hydrogen) atoms. The van der Waals surface area contributed by atoms with Crippen molar-refractivity contribution >= 4 is 11.8 Å². The second-order valence-electron chi connectivity index (χ2n) is 5.01. The number of rotatable bonds is 6. The van der Waals surface area contributed by atoms with Crippen molar-refractivity contribution in [3.8, 4) is 0 Å². The number of hydrogen-bond acceptors (Lipinski definition) is 3. The molecule has 0 bridgehead atoms. The molecule has 1 heterocycles. The molecule has 5 heteroatoms. The lowest BCUT2D eigenvalue weighted by molar-refractivity contribution is -0.130. The third kappa shape index (κ3) is 5.04. The molecule has 0 aromatic heterocycles. The predicted molar refractivity (Wildman–Crippen MR) is 70.4 cm³/mol. The topological polar surface area (TPSA) is 75.4 Å². The summed E-state index contributed by atoms with van der Waals surface area (Å²) >= 11 is 0. The van der Waals surface area contributed by atoms with E-state index in [-0.39, 0.29) is 11.8 Å². The maximum absolute atomic E-state index is 11.9. The summed E-state index contributed by atoms with van der Waals surface area (Å²) in [6, 6.07) is 0. The third-order valence-electron chi connectivity index (χ3n) is 3.75. The van der Waals surface area contributed by atoms with Crippen LogP contribution in [0.25, 0.3) is 0 Å². The van der Waals surface area contributed by atoms with Gasteiger partial charge in [0.1, 0.15) is 0 Å². The zero-order valence-electron chi connectivity index (χ0n) is 11.3. The first-order valence-electron chi connectivity index (χ1n) is 6.94. The fourth-order valence-electron chi connectivity index (χ4n) is 2.40. The van der Waals surface area contributed by atoms with E-state index in [1.807, 2.05) is 4.90 Å². The van der Waals surface area contributed by atoms with E-state index in [2.05, 4.69) is 12.3 Å². The fraction of sp³-hybridized carbons (Fsp3) is 0.846. The Labute approximate surface area is 109 Å². The zero-order chi connectivity index (χ0) is 13.4. The lowest BCUT2D eigenvalue weighted by atomic mass is 9.98. The van der Waals surface area contributed by atoms with Crippen LogP contribution in [-0.4, -0.2) is 29.8 Å². The van der Waals surface area contributed by atoms with Crippen molar-refractivity contribution in [2.24, 2.45) is 11.8 Å². The van der Waals surface area contributed by atoms with Crippen LogP contribution < -0.4 is 11.3 Å². The molecule has 0 spiro atoms. The van der Waals surface area contributed by atoms with Crippen molar-refractivity contribution in [2.75, 3.05) is 13.1 Å². The minimum absolute atomic E-state index is 0.136. The molecule has 1 aliphatic rings. The van der Waals surface area contributed by atoms with E-state index in [0.717, 1.165) is 45.2 Å². The second-order valence-corrected chi connectivity index (χ2v) is 5.01. The van der Waals surface area contributed by atoms with E-state index in [0.29, 0.717) is 18.8 Å². The van der Waals surface area contributed by atoms with Crippen LogP contribution in [-0.2, 0) is 9.59 Å². The molecule has 104 valence electrons. The Bertz CT molecular complexity index is 281. The number of amides is 2. The Hall–Kier alpha value is -1.10. The van der Waals surface area contributed by atoms with Crippen molar-refractivity contribution in [3.05, 3.63) is 0 Å². The Morgan fingerprint density at radius 2 is 2.22 bits per heavy atom. The molecule has 0 radical (unpaired) electrons. The van der Waals surface area contributed by atoms with Crippen molar-refractivity contribution in [3.63, 3.8) is 0 Å². The molecule has 0 aliphatic carbocycles. The molecule has 1 fully saturated rings. The summed E-state index contributed by atoms with van der Waals surface area (Å²) < 4.78 is 0. The largest absolute Gasteiger partial charge is 0.343 e. The number of hydrogen-bond donors (Lipinski definition) is 2. The number of unbranched alkanes of at least 4 members (excludes halogenated alkanes) is 1. The number of nitrogens with zero attached hydrogens (tertiary/aromatic N) is 1. The van der Waals surface area contributed by atoms with Crippen LogP contribution >= 0.6 is 0 Å². The number of hydrazine groups is 1. The zero-order valence-corrected chi connectivity index (χ0v) is 11.3. The quantitative estimate of drug-likeness (QED) is 0.324. The van der Waals surface area contributed by atoms with Crippen LogP contribution in [0.4, 0.5) is 0 Å². The summed E-state index contributed by atoms with van der Waals surface area (Å²) in [5, 5.41) is 0. The van der Waals surface area contributed by atoms with E-state index >= 15 is 0 Å². The van der Waals surface area contributed by atoms with E-state index < -0.39 is 0 Å². The summed E-state index contributed by atoms with van der Waals surface area (Å²) in [7, 11) is 0. The Morgan fingerprint density at radius 1 is 1.44 bits per heavy atom. The van der Waals surface area contributed by atoms with Crippen LogP contribution in [0.2, 0.25) is 0 Å². The SMILES string of the molecule is CCC1CCC(=O)N(CCCCC(=O)NN)CC1. The molecule has 0 aromatic rings. The average Bonchev–Trinajstić information content (AvgIpc) is 2.56. The first kappa shape index (κ1) is 15.0. The van der Waals surface area contributed by atoms with Crippen molar-refractivity contribution in [1.82, 2.24) is 10.3 Å². The summed E-state index contributed by atoms with van der Waals surface area (Å²) in [6.07, 6.45) is 6.09. The maximum atomic E-state index is 11.9. The Morgan fingerprint density at radius 3 is 2.89 bits per heavy atom. The normalized spacial score (nSPS) is 20.7. The van der Waals surface area contributed by atoms with Gasteiger partial charge in [-0.2, -0.15) is 0 Å². The van der Waals surface area contributed by atoms with Gasteiger partial charge in [-0.25, -0.2) is 5.84 Å². The maximum Gasteiger partial charge on any atom is 0.233 e. The molecule has 2 amide bonds. The number of likely N-dealkylation sites (tertiary alicyclic amines) is 1. The van der Waals surface area contributed by atoms with Gasteiger partial charge in [-0.15, -0.1) is 0 Å². The van der Waals surface area contributed by atoms with Gasteiger partial charge in [0.05, 0.1) is 0 Å². The lowest BCUT2D eigenvalue weighted by Gasteiger charge is -2.20. The molecular weight excluding hydrogens is 230 g/mol. The van der Waals surface area contributed by atoms with E-state index in [9.17, 15) is 9.59 Å². The molecule has 1 atom stereocenters. The van der Waals surface area contributed by atoms with Gasteiger partial charge in [0.2, 0.25) is 11.8 Å². The van der Waals surface area contributed by atoms with Crippen molar-refractivity contribution in [1.29, 1.82) is 0 Å². The van der Waals surface area contributed by atoms with Crippen LogP contribution in [0.5, 0.6) is 0 Å². The Kier molecular flexibility index (Phi) is 6.72. The van der Waals surface area contributed by atoms with Crippen LogP contribution in [0.15, 0.2) is 0 Å². The minimum atomic E-state index is -0.136. The standard InChI is InChI=1S/C13H25N3O2/c1-2-11-6-7-13(18)16(10-8-11)9-4-3-5-12(17)15-14/h11H,2-10,14H2,1H3,(H,15,17).